The Morgan fingerprint density at radius 1 is 1.31 bits per heavy atom. The molecule has 0 fully saturated rings. The minimum atomic E-state index is -0.319. The van der Waals surface area contributed by atoms with E-state index in [0.29, 0.717) is 6.42 Å². The number of cyclic esters (lactones) is 1. The molecule has 0 bridgehead atoms. The average Bonchev–Trinajstić information content (AvgIpc) is 2.28. The lowest BCUT2D eigenvalue weighted by atomic mass is 10.1. The van der Waals surface area contributed by atoms with Crippen molar-refractivity contribution in [1.82, 2.24) is 0 Å². The molecule has 82 valence electrons. The summed E-state index contributed by atoms with van der Waals surface area (Å²) >= 11 is 0. The molecular weight excluding hydrogens is 207 g/mol. The zero-order chi connectivity index (χ0) is 11.4. The van der Waals surface area contributed by atoms with E-state index in [1.165, 1.54) is 18.2 Å². The highest BCUT2D eigenvalue weighted by Crippen LogP contribution is 2.11. The molecule has 0 radical (unpaired) electrons. The normalized spacial score (nSPS) is 20.1. The molecule has 1 aliphatic heterocycles. The molecule has 1 aromatic carbocycles. The van der Waals surface area contributed by atoms with Crippen molar-refractivity contribution in [2.45, 2.75) is 12.5 Å². The van der Waals surface area contributed by atoms with Crippen molar-refractivity contribution < 1.29 is 13.9 Å². The number of halogens is 1. The summed E-state index contributed by atoms with van der Waals surface area (Å²) < 4.78 is 17.7. The summed E-state index contributed by atoms with van der Waals surface area (Å²) in [5.41, 5.74) is 0.881. The van der Waals surface area contributed by atoms with E-state index >= 15 is 0 Å². The summed E-state index contributed by atoms with van der Waals surface area (Å²) in [5, 5.41) is 0. The van der Waals surface area contributed by atoms with E-state index in [4.69, 9.17) is 4.74 Å². The summed E-state index contributed by atoms with van der Waals surface area (Å²) in [6.45, 7) is 0. The molecule has 0 saturated carbocycles. The van der Waals surface area contributed by atoms with Gasteiger partial charge in [0.2, 0.25) is 0 Å². The standard InChI is InChI=1S/C13H11FO2/c14-11-7-4-10(5-8-11)6-9-12-2-1-3-13(15)16-12/h1,3-9,12H,2H2/b9-6+/t12-/m1/s1. The van der Waals surface area contributed by atoms with Gasteiger partial charge in [-0.3, -0.25) is 0 Å². The first kappa shape index (κ1) is 10.6. The molecule has 16 heavy (non-hydrogen) atoms. The molecule has 1 heterocycles. The van der Waals surface area contributed by atoms with Crippen molar-refractivity contribution in [3.63, 3.8) is 0 Å². The fourth-order valence-electron chi connectivity index (χ4n) is 1.45. The largest absolute Gasteiger partial charge is 0.455 e. The number of rotatable bonds is 2. The number of hydrogen-bond donors (Lipinski definition) is 0. The molecule has 1 aliphatic rings. The monoisotopic (exact) mass is 218 g/mol. The molecule has 0 unspecified atom stereocenters. The maximum absolute atomic E-state index is 12.6. The van der Waals surface area contributed by atoms with E-state index in [-0.39, 0.29) is 17.9 Å². The number of carbonyl (C=O) groups is 1. The number of hydrogen-bond acceptors (Lipinski definition) is 2. The smallest absolute Gasteiger partial charge is 0.331 e. The van der Waals surface area contributed by atoms with Crippen LogP contribution >= 0.6 is 0 Å². The molecule has 1 aromatic rings. The quantitative estimate of drug-likeness (QED) is 0.713. The first-order valence-corrected chi connectivity index (χ1v) is 5.05. The molecule has 2 nitrogen and oxygen atoms in total. The summed E-state index contributed by atoms with van der Waals surface area (Å²) in [7, 11) is 0. The Morgan fingerprint density at radius 3 is 2.75 bits per heavy atom. The highest BCUT2D eigenvalue weighted by atomic mass is 19.1. The van der Waals surface area contributed by atoms with Crippen LogP contribution in [0.25, 0.3) is 6.08 Å². The van der Waals surface area contributed by atoms with Crippen LogP contribution in [-0.2, 0) is 9.53 Å². The fourth-order valence-corrected chi connectivity index (χ4v) is 1.45. The third-order valence-electron chi connectivity index (χ3n) is 2.26. The van der Waals surface area contributed by atoms with Gasteiger partial charge in [0.1, 0.15) is 11.9 Å². The van der Waals surface area contributed by atoms with Crippen LogP contribution in [0.2, 0.25) is 0 Å². The van der Waals surface area contributed by atoms with Crippen molar-refractivity contribution in [3.8, 4) is 0 Å². The van der Waals surface area contributed by atoms with Gasteiger partial charge in [-0.25, -0.2) is 9.18 Å². The third kappa shape index (κ3) is 2.79. The lowest BCUT2D eigenvalue weighted by Gasteiger charge is -2.14. The van der Waals surface area contributed by atoms with Gasteiger partial charge in [-0.2, -0.15) is 0 Å². The lowest BCUT2D eigenvalue weighted by molar-refractivity contribution is -0.141. The summed E-state index contributed by atoms with van der Waals surface area (Å²) in [6.07, 6.45) is 7.28. The van der Waals surface area contributed by atoms with Gasteiger partial charge < -0.3 is 4.74 Å². The van der Waals surface area contributed by atoms with Crippen molar-refractivity contribution in [2.24, 2.45) is 0 Å². The SMILES string of the molecule is O=C1C=CC[C@H](/C=C/c2ccc(F)cc2)O1. The van der Waals surface area contributed by atoms with Gasteiger partial charge in [0, 0.05) is 12.5 Å². The Hall–Kier alpha value is -1.90. The Kier molecular flexibility index (Phi) is 3.15. The minimum absolute atomic E-state index is 0.220. The molecule has 0 aliphatic carbocycles. The van der Waals surface area contributed by atoms with Crippen LogP contribution in [0.4, 0.5) is 4.39 Å². The van der Waals surface area contributed by atoms with Gasteiger partial charge >= 0.3 is 5.97 Å². The fraction of sp³-hybridized carbons (Fsp3) is 0.154. The van der Waals surface area contributed by atoms with Gasteiger partial charge in [0.05, 0.1) is 0 Å². The predicted molar refractivity (Wildman–Crippen MR) is 59.1 cm³/mol. The van der Waals surface area contributed by atoms with Gasteiger partial charge in [-0.15, -0.1) is 0 Å². The second-order valence-electron chi connectivity index (χ2n) is 3.52. The van der Waals surface area contributed by atoms with E-state index in [0.717, 1.165) is 5.56 Å². The van der Waals surface area contributed by atoms with E-state index in [1.807, 2.05) is 6.08 Å². The third-order valence-corrected chi connectivity index (χ3v) is 2.26. The van der Waals surface area contributed by atoms with Crippen molar-refractivity contribution >= 4 is 12.0 Å². The van der Waals surface area contributed by atoms with Crippen LogP contribution in [0.15, 0.2) is 42.5 Å². The molecule has 2 rings (SSSR count). The molecule has 0 spiro atoms. The van der Waals surface area contributed by atoms with Crippen molar-refractivity contribution in [1.29, 1.82) is 0 Å². The van der Waals surface area contributed by atoms with Crippen molar-refractivity contribution in [3.05, 3.63) is 53.9 Å². The maximum Gasteiger partial charge on any atom is 0.331 e. The molecule has 0 N–H and O–H groups in total. The zero-order valence-electron chi connectivity index (χ0n) is 8.60. The second-order valence-corrected chi connectivity index (χ2v) is 3.52. The minimum Gasteiger partial charge on any atom is -0.455 e. The van der Waals surface area contributed by atoms with E-state index in [1.54, 1.807) is 24.3 Å². The van der Waals surface area contributed by atoms with Gasteiger partial charge in [-0.1, -0.05) is 24.3 Å². The zero-order valence-corrected chi connectivity index (χ0v) is 8.60. The Morgan fingerprint density at radius 2 is 2.06 bits per heavy atom. The molecule has 0 aromatic heterocycles. The highest BCUT2D eigenvalue weighted by molar-refractivity contribution is 5.83. The second kappa shape index (κ2) is 4.75. The van der Waals surface area contributed by atoms with Crippen LogP contribution in [0.5, 0.6) is 0 Å². The Labute approximate surface area is 93.0 Å². The highest BCUT2D eigenvalue weighted by Gasteiger charge is 2.11. The Bertz CT molecular complexity index is 432. The van der Waals surface area contributed by atoms with E-state index in [9.17, 15) is 9.18 Å². The average molecular weight is 218 g/mol. The summed E-state index contributed by atoms with van der Waals surface area (Å²) in [6, 6.07) is 6.14. The molecule has 0 saturated heterocycles. The summed E-state index contributed by atoms with van der Waals surface area (Å²) in [5.74, 6) is -0.579. The molecule has 1 atom stereocenters. The first-order valence-electron chi connectivity index (χ1n) is 5.05. The van der Waals surface area contributed by atoms with Crippen LogP contribution in [-0.4, -0.2) is 12.1 Å². The summed E-state index contributed by atoms with van der Waals surface area (Å²) in [4.78, 5) is 10.9. The van der Waals surface area contributed by atoms with Crippen LogP contribution in [0.3, 0.4) is 0 Å². The maximum atomic E-state index is 12.6. The lowest BCUT2D eigenvalue weighted by Crippen LogP contribution is -2.17. The number of esters is 1. The molecule has 3 heteroatoms. The van der Waals surface area contributed by atoms with Crippen LogP contribution in [0.1, 0.15) is 12.0 Å². The first-order chi connectivity index (χ1) is 7.74. The van der Waals surface area contributed by atoms with E-state index < -0.39 is 0 Å². The molecule has 0 amide bonds. The van der Waals surface area contributed by atoms with Gasteiger partial charge in [-0.05, 0) is 23.8 Å². The number of ether oxygens (including phenoxy) is 1. The molecular formula is C13H11FO2. The number of benzene rings is 1. The number of carbonyl (C=O) groups excluding carboxylic acids is 1. The predicted octanol–water partition coefficient (Wildman–Crippen LogP) is 2.71. The van der Waals surface area contributed by atoms with Crippen molar-refractivity contribution in [2.75, 3.05) is 0 Å². The Balaban J connectivity index is 2.01. The van der Waals surface area contributed by atoms with E-state index in [2.05, 4.69) is 0 Å². The van der Waals surface area contributed by atoms with Gasteiger partial charge in [0.15, 0.2) is 0 Å². The van der Waals surface area contributed by atoms with Crippen LogP contribution in [0, 0.1) is 5.82 Å². The van der Waals surface area contributed by atoms with Crippen LogP contribution < -0.4 is 0 Å². The topological polar surface area (TPSA) is 26.3 Å². The van der Waals surface area contributed by atoms with Gasteiger partial charge in [0.25, 0.3) is 0 Å².